The topological polar surface area (TPSA) is 15.3 Å². The Kier molecular flexibility index (Phi) is 3.45. The molecule has 0 aromatic rings. The summed E-state index contributed by atoms with van der Waals surface area (Å²) in [6.07, 6.45) is 10.1. The quantitative estimate of drug-likeness (QED) is 0.807. The third kappa shape index (κ3) is 2.85. The molecule has 1 atom stereocenters. The lowest BCUT2D eigenvalue weighted by atomic mass is 9.99. The van der Waals surface area contributed by atoms with Gasteiger partial charge in [-0.25, -0.2) is 0 Å². The van der Waals surface area contributed by atoms with Crippen LogP contribution in [0.4, 0.5) is 0 Å². The van der Waals surface area contributed by atoms with Crippen molar-refractivity contribution >= 4 is 0 Å². The van der Waals surface area contributed by atoms with E-state index in [9.17, 15) is 0 Å². The second-order valence-electron chi connectivity index (χ2n) is 6.61. The van der Waals surface area contributed by atoms with Crippen molar-refractivity contribution in [3.63, 3.8) is 0 Å². The van der Waals surface area contributed by atoms with Crippen molar-refractivity contribution in [2.24, 2.45) is 11.3 Å². The zero-order valence-electron chi connectivity index (χ0n) is 11.4. The highest BCUT2D eigenvalue weighted by atomic mass is 15.1. The predicted molar refractivity (Wildman–Crippen MR) is 72.1 cm³/mol. The van der Waals surface area contributed by atoms with Gasteiger partial charge in [0.1, 0.15) is 0 Å². The highest BCUT2D eigenvalue weighted by Crippen LogP contribution is 2.61. The molecule has 1 unspecified atom stereocenters. The summed E-state index contributed by atoms with van der Waals surface area (Å²) in [5, 5.41) is 3.68. The summed E-state index contributed by atoms with van der Waals surface area (Å²) in [6, 6.07) is 0.772. The van der Waals surface area contributed by atoms with E-state index < -0.39 is 0 Å². The molecule has 1 aliphatic heterocycles. The predicted octanol–water partition coefficient (Wildman–Crippen LogP) is 2.64. The molecule has 2 aliphatic carbocycles. The van der Waals surface area contributed by atoms with Crippen molar-refractivity contribution < 1.29 is 0 Å². The number of rotatable bonds is 4. The number of nitrogens with one attached hydrogen (secondary N) is 1. The molecule has 98 valence electrons. The van der Waals surface area contributed by atoms with E-state index in [4.69, 9.17) is 0 Å². The zero-order valence-corrected chi connectivity index (χ0v) is 11.4. The molecular weight excluding hydrogens is 208 g/mol. The monoisotopic (exact) mass is 236 g/mol. The van der Waals surface area contributed by atoms with Gasteiger partial charge in [-0.15, -0.1) is 0 Å². The van der Waals surface area contributed by atoms with Gasteiger partial charge >= 0.3 is 0 Å². The first-order valence-electron chi connectivity index (χ1n) is 7.78. The fourth-order valence-electron chi connectivity index (χ4n) is 3.66. The highest BCUT2D eigenvalue weighted by molar-refractivity contribution is 5.05. The lowest BCUT2D eigenvalue weighted by molar-refractivity contribution is 0.180. The van der Waals surface area contributed by atoms with Crippen LogP contribution in [0.15, 0.2) is 0 Å². The molecular formula is C15H28N2. The van der Waals surface area contributed by atoms with Crippen molar-refractivity contribution in [2.45, 2.75) is 57.9 Å². The molecule has 3 aliphatic rings. The van der Waals surface area contributed by atoms with Crippen LogP contribution < -0.4 is 5.32 Å². The van der Waals surface area contributed by atoms with Crippen molar-refractivity contribution in [1.29, 1.82) is 0 Å². The SMILES string of the molecule is CCC1CCN(CC2(C3CC3)CC2)CCCN1. The molecule has 0 amide bonds. The minimum absolute atomic E-state index is 0.772. The molecule has 2 nitrogen and oxygen atoms in total. The fraction of sp³-hybridized carbons (Fsp3) is 1.00. The Morgan fingerprint density at radius 2 is 2.00 bits per heavy atom. The van der Waals surface area contributed by atoms with Gasteiger partial charge < -0.3 is 10.2 Å². The summed E-state index contributed by atoms with van der Waals surface area (Å²) < 4.78 is 0. The highest BCUT2D eigenvalue weighted by Gasteiger charge is 2.54. The fourth-order valence-corrected chi connectivity index (χ4v) is 3.66. The number of hydrogen-bond acceptors (Lipinski definition) is 2. The Morgan fingerprint density at radius 1 is 1.18 bits per heavy atom. The molecule has 2 saturated carbocycles. The summed E-state index contributed by atoms with van der Waals surface area (Å²) in [5.74, 6) is 1.12. The van der Waals surface area contributed by atoms with Crippen LogP contribution in [0.1, 0.15) is 51.9 Å². The minimum Gasteiger partial charge on any atom is -0.314 e. The first kappa shape index (κ1) is 12.0. The molecule has 3 rings (SSSR count). The summed E-state index contributed by atoms with van der Waals surface area (Å²) >= 11 is 0. The first-order chi connectivity index (χ1) is 8.32. The third-order valence-electron chi connectivity index (χ3n) is 5.24. The van der Waals surface area contributed by atoms with Gasteiger partial charge in [-0.1, -0.05) is 6.92 Å². The van der Waals surface area contributed by atoms with E-state index in [0.29, 0.717) is 0 Å². The van der Waals surface area contributed by atoms with Crippen LogP contribution in [0.2, 0.25) is 0 Å². The van der Waals surface area contributed by atoms with Crippen LogP contribution >= 0.6 is 0 Å². The van der Waals surface area contributed by atoms with Gasteiger partial charge in [0.25, 0.3) is 0 Å². The average molecular weight is 236 g/mol. The minimum atomic E-state index is 0.772. The zero-order chi connectivity index (χ0) is 11.7. The second kappa shape index (κ2) is 4.89. The van der Waals surface area contributed by atoms with E-state index in [2.05, 4.69) is 17.1 Å². The Labute approximate surface area is 106 Å². The van der Waals surface area contributed by atoms with E-state index in [1.54, 1.807) is 0 Å². The molecule has 0 aromatic heterocycles. The Hall–Kier alpha value is -0.0800. The maximum Gasteiger partial charge on any atom is 0.00766 e. The maximum absolute atomic E-state index is 3.68. The van der Waals surface area contributed by atoms with E-state index in [1.807, 2.05) is 0 Å². The molecule has 1 N–H and O–H groups in total. The molecule has 1 heterocycles. The second-order valence-corrected chi connectivity index (χ2v) is 6.61. The average Bonchev–Trinajstić information content (AvgIpc) is 3.13. The van der Waals surface area contributed by atoms with Gasteiger partial charge in [0.15, 0.2) is 0 Å². The number of nitrogens with zero attached hydrogens (tertiary/aromatic N) is 1. The van der Waals surface area contributed by atoms with Crippen molar-refractivity contribution in [2.75, 3.05) is 26.2 Å². The maximum atomic E-state index is 3.68. The van der Waals surface area contributed by atoms with Crippen molar-refractivity contribution in [3.05, 3.63) is 0 Å². The molecule has 0 spiro atoms. The summed E-state index contributed by atoms with van der Waals surface area (Å²) in [5.41, 5.74) is 0.800. The molecule has 0 bridgehead atoms. The van der Waals surface area contributed by atoms with E-state index >= 15 is 0 Å². The Morgan fingerprint density at radius 3 is 2.65 bits per heavy atom. The first-order valence-corrected chi connectivity index (χ1v) is 7.78. The largest absolute Gasteiger partial charge is 0.314 e. The smallest absolute Gasteiger partial charge is 0.00766 e. The Balaban J connectivity index is 1.51. The van der Waals surface area contributed by atoms with Gasteiger partial charge in [0, 0.05) is 12.6 Å². The van der Waals surface area contributed by atoms with Crippen LogP contribution in [0, 0.1) is 11.3 Å². The van der Waals surface area contributed by atoms with E-state index in [-0.39, 0.29) is 0 Å². The third-order valence-corrected chi connectivity index (χ3v) is 5.24. The molecule has 0 aromatic carbocycles. The Bertz CT molecular complexity index is 256. The van der Waals surface area contributed by atoms with Gasteiger partial charge in [0.2, 0.25) is 0 Å². The van der Waals surface area contributed by atoms with E-state index in [1.165, 1.54) is 71.1 Å². The van der Waals surface area contributed by atoms with Crippen LogP contribution in [0.3, 0.4) is 0 Å². The lowest BCUT2D eigenvalue weighted by Gasteiger charge is -2.31. The standard InChI is InChI=1S/C15H28N2/c1-2-14-6-11-17(10-3-9-16-14)12-15(7-8-15)13-4-5-13/h13-14,16H,2-12H2,1H3. The van der Waals surface area contributed by atoms with Crippen LogP contribution in [0.25, 0.3) is 0 Å². The van der Waals surface area contributed by atoms with Crippen LogP contribution in [-0.2, 0) is 0 Å². The van der Waals surface area contributed by atoms with Gasteiger partial charge in [-0.2, -0.15) is 0 Å². The molecule has 1 saturated heterocycles. The normalized spacial score (nSPS) is 34.1. The van der Waals surface area contributed by atoms with Crippen molar-refractivity contribution in [3.8, 4) is 0 Å². The summed E-state index contributed by atoms with van der Waals surface area (Å²) in [4.78, 5) is 2.79. The van der Waals surface area contributed by atoms with Gasteiger partial charge in [-0.05, 0) is 75.9 Å². The van der Waals surface area contributed by atoms with Crippen LogP contribution in [-0.4, -0.2) is 37.1 Å². The summed E-state index contributed by atoms with van der Waals surface area (Å²) in [7, 11) is 0. The van der Waals surface area contributed by atoms with E-state index in [0.717, 1.165) is 17.4 Å². The summed E-state index contributed by atoms with van der Waals surface area (Å²) in [6.45, 7) is 7.63. The van der Waals surface area contributed by atoms with Gasteiger partial charge in [-0.3, -0.25) is 0 Å². The lowest BCUT2D eigenvalue weighted by Crippen LogP contribution is -2.41. The number of hydrogen-bond donors (Lipinski definition) is 1. The molecule has 17 heavy (non-hydrogen) atoms. The molecule has 3 fully saturated rings. The van der Waals surface area contributed by atoms with Crippen LogP contribution in [0.5, 0.6) is 0 Å². The van der Waals surface area contributed by atoms with Gasteiger partial charge in [0.05, 0.1) is 0 Å². The molecule has 0 radical (unpaired) electrons. The molecule has 2 heteroatoms. The van der Waals surface area contributed by atoms with Crippen molar-refractivity contribution in [1.82, 2.24) is 10.2 Å².